The summed E-state index contributed by atoms with van der Waals surface area (Å²) in [5.41, 5.74) is 10.0. The maximum atomic E-state index is 5.67. The number of pyridine rings is 2. The number of hydrogen-bond donors (Lipinski definition) is 0. The van der Waals surface area contributed by atoms with Crippen molar-refractivity contribution in [3.8, 4) is 67.7 Å². The minimum atomic E-state index is 0.551. The summed E-state index contributed by atoms with van der Waals surface area (Å²) in [6.45, 7) is 0. The van der Waals surface area contributed by atoms with Crippen LogP contribution in [0.5, 0.6) is 0 Å². The molecule has 0 saturated carbocycles. The second-order valence-electron chi connectivity index (χ2n) is 11.5. The molecule has 0 N–H and O–H groups in total. The minimum absolute atomic E-state index is 0.551. The Balaban J connectivity index is 1.33. The first-order chi connectivity index (χ1) is 23.8. The molecule has 6 heteroatoms. The van der Waals surface area contributed by atoms with Crippen molar-refractivity contribution in [1.82, 2.24) is 19.9 Å². The fourth-order valence-corrected chi connectivity index (χ4v) is 6.55. The lowest BCUT2D eigenvalue weighted by Gasteiger charge is -2.18. The SMILES string of the molecule is c1ccc(-c2cccc(-c3ccc4c(-c5cc(-c6ncco6)ccn5)c5ccccc5c(-c5cc(-c6ncco6)ccn5)c4c3)c2)cc1. The van der Waals surface area contributed by atoms with Crippen molar-refractivity contribution >= 4 is 21.5 Å². The van der Waals surface area contributed by atoms with Crippen LogP contribution in [0.4, 0.5) is 0 Å². The number of oxazole rings is 2. The fourth-order valence-electron chi connectivity index (χ4n) is 6.55. The molecule has 0 aliphatic carbocycles. The number of hydrogen-bond acceptors (Lipinski definition) is 6. The highest BCUT2D eigenvalue weighted by atomic mass is 16.3. The van der Waals surface area contributed by atoms with Crippen molar-refractivity contribution in [2.24, 2.45) is 0 Å². The van der Waals surface area contributed by atoms with Crippen molar-refractivity contribution in [2.45, 2.75) is 0 Å². The van der Waals surface area contributed by atoms with Crippen LogP contribution in [-0.4, -0.2) is 19.9 Å². The average molecular weight is 619 g/mol. The summed E-state index contributed by atoms with van der Waals surface area (Å²) in [5.74, 6) is 1.10. The number of rotatable bonds is 6. The topological polar surface area (TPSA) is 77.8 Å². The molecule has 6 nitrogen and oxygen atoms in total. The maximum absolute atomic E-state index is 5.67. The molecular formula is C42H26N4O2. The number of nitrogens with zero attached hydrogens (tertiary/aromatic N) is 4. The minimum Gasteiger partial charge on any atom is -0.445 e. The molecule has 9 rings (SSSR count). The predicted molar refractivity (Wildman–Crippen MR) is 190 cm³/mol. The van der Waals surface area contributed by atoms with Gasteiger partial charge in [0.25, 0.3) is 0 Å². The highest BCUT2D eigenvalue weighted by molar-refractivity contribution is 6.21. The van der Waals surface area contributed by atoms with Gasteiger partial charge in [-0.2, -0.15) is 0 Å². The van der Waals surface area contributed by atoms with Crippen molar-refractivity contribution in [3.63, 3.8) is 0 Å². The lowest BCUT2D eigenvalue weighted by Crippen LogP contribution is -1.95. The van der Waals surface area contributed by atoms with Crippen molar-refractivity contribution in [1.29, 1.82) is 0 Å². The molecule has 0 fully saturated rings. The number of aromatic nitrogens is 4. The Labute approximate surface area is 276 Å². The molecule has 226 valence electrons. The summed E-state index contributed by atoms with van der Waals surface area (Å²) in [7, 11) is 0. The van der Waals surface area contributed by atoms with Gasteiger partial charge >= 0.3 is 0 Å². The monoisotopic (exact) mass is 618 g/mol. The van der Waals surface area contributed by atoms with Gasteiger partial charge in [0.15, 0.2) is 0 Å². The van der Waals surface area contributed by atoms with E-state index < -0.39 is 0 Å². The summed E-state index contributed by atoms with van der Waals surface area (Å²) in [4.78, 5) is 18.6. The van der Waals surface area contributed by atoms with E-state index in [0.717, 1.165) is 66.3 Å². The van der Waals surface area contributed by atoms with Gasteiger partial charge in [-0.05, 0) is 80.2 Å². The zero-order chi connectivity index (χ0) is 31.9. The third-order valence-electron chi connectivity index (χ3n) is 8.72. The van der Waals surface area contributed by atoms with E-state index in [9.17, 15) is 0 Å². The first kappa shape index (κ1) is 27.6. The predicted octanol–water partition coefficient (Wildman–Crippen LogP) is 10.8. The van der Waals surface area contributed by atoms with Crippen LogP contribution < -0.4 is 0 Å². The van der Waals surface area contributed by atoms with E-state index >= 15 is 0 Å². The van der Waals surface area contributed by atoms with Gasteiger partial charge in [-0.25, -0.2) is 9.97 Å². The Bertz CT molecular complexity index is 2560. The number of benzene rings is 5. The highest BCUT2D eigenvalue weighted by Crippen LogP contribution is 2.45. The van der Waals surface area contributed by atoms with Gasteiger partial charge in [0.05, 0.1) is 23.8 Å². The van der Waals surface area contributed by atoms with E-state index in [4.69, 9.17) is 18.8 Å². The van der Waals surface area contributed by atoms with Gasteiger partial charge in [-0.3, -0.25) is 9.97 Å². The number of fused-ring (bicyclic) bond motifs is 2. The third kappa shape index (κ3) is 4.84. The lowest BCUT2D eigenvalue weighted by molar-refractivity contribution is 0.574. The van der Waals surface area contributed by atoms with E-state index in [1.54, 1.807) is 24.9 Å². The van der Waals surface area contributed by atoms with E-state index in [0.29, 0.717) is 11.8 Å². The van der Waals surface area contributed by atoms with Crippen molar-refractivity contribution in [3.05, 3.63) is 159 Å². The van der Waals surface area contributed by atoms with Crippen LogP contribution >= 0.6 is 0 Å². The van der Waals surface area contributed by atoms with Gasteiger partial charge in [0, 0.05) is 34.6 Å². The molecule has 0 unspecified atom stereocenters. The molecule has 9 aromatic rings. The molecule has 0 aliphatic rings. The smallest absolute Gasteiger partial charge is 0.225 e. The first-order valence-corrected chi connectivity index (χ1v) is 15.7. The Hall–Kier alpha value is -6.66. The Morgan fingerprint density at radius 3 is 1.46 bits per heavy atom. The highest BCUT2D eigenvalue weighted by Gasteiger charge is 2.20. The van der Waals surface area contributed by atoms with E-state index in [-0.39, 0.29) is 0 Å². The van der Waals surface area contributed by atoms with Gasteiger partial charge in [0.2, 0.25) is 11.8 Å². The van der Waals surface area contributed by atoms with Gasteiger partial charge in [-0.15, -0.1) is 0 Å². The fraction of sp³-hybridized carbons (Fsp3) is 0. The van der Waals surface area contributed by atoms with Crippen LogP contribution in [0.1, 0.15) is 0 Å². The zero-order valence-electron chi connectivity index (χ0n) is 25.6. The molecule has 0 radical (unpaired) electrons. The Morgan fingerprint density at radius 2 is 0.854 bits per heavy atom. The standard InChI is InChI=1S/C42H26N4O2/c1-2-7-27(8-3-1)28-9-6-10-29(23-28)30-13-14-35-36(24-30)40(38-26-32(16-18-44-38)42-46-20-22-48-42)34-12-5-4-11-33(34)39(35)37-25-31(15-17-43-37)41-45-19-21-47-41/h1-26H. The largest absolute Gasteiger partial charge is 0.445 e. The molecule has 5 aromatic carbocycles. The Kier molecular flexibility index (Phi) is 6.68. The lowest BCUT2D eigenvalue weighted by atomic mass is 9.86. The van der Waals surface area contributed by atoms with E-state index in [2.05, 4.69) is 107 Å². The molecule has 4 heterocycles. The Morgan fingerprint density at radius 1 is 0.333 bits per heavy atom. The molecule has 0 aliphatic heterocycles. The summed E-state index contributed by atoms with van der Waals surface area (Å²) in [6.07, 6.45) is 10.1. The normalized spacial score (nSPS) is 11.3. The first-order valence-electron chi connectivity index (χ1n) is 15.7. The van der Waals surface area contributed by atoms with Gasteiger partial charge in [0.1, 0.15) is 12.5 Å². The molecule has 0 saturated heterocycles. The summed E-state index contributed by atoms with van der Waals surface area (Å²) >= 11 is 0. The summed E-state index contributed by atoms with van der Waals surface area (Å²) in [6, 6.07) is 42.2. The van der Waals surface area contributed by atoms with Gasteiger partial charge in [-0.1, -0.05) is 84.9 Å². The molecule has 48 heavy (non-hydrogen) atoms. The average Bonchev–Trinajstić information content (AvgIpc) is 3.90. The summed E-state index contributed by atoms with van der Waals surface area (Å²) in [5, 5.41) is 4.26. The van der Waals surface area contributed by atoms with Crippen molar-refractivity contribution in [2.75, 3.05) is 0 Å². The zero-order valence-corrected chi connectivity index (χ0v) is 25.6. The molecule has 0 bridgehead atoms. The quantitative estimate of drug-likeness (QED) is 0.173. The van der Waals surface area contributed by atoms with Crippen LogP contribution in [0, 0.1) is 0 Å². The van der Waals surface area contributed by atoms with Crippen molar-refractivity contribution < 1.29 is 8.83 Å². The molecule has 4 aromatic heterocycles. The van der Waals surface area contributed by atoms with Crippen LogP contribution in [0.15, 0.2) is 167 Å². The second-order valence-corrected chi connectivity index (χ2v) is 11.5. The maximum Gasteiger partial charge on any atom is 0.225 e. The molecule has 0 amide bonds. The molecule has 0 atom stereocenters. The van der Waals surface area contributed by atoms with E-state index in [1.165, 1.54) is 11.1 Å². The molecule has 0 spiro atoms. The van der Waals surface area contributed by atoms with E-state index in [1.807, 2.05) is 36.7 Å². The van der Waals surface area contributed by atoms with Gasteiger partial charge < -0.3 is 8.83 Å². The summed E-state index contributed by atoms with van der Waals surface area (Å²) < 4.78 is 11.3. The van der Waals surface area contributed by atoms with Crippen LogP contribution in [0.25, 0.3) is 89.2 Å². The molecular weight excluding hydrogens is 592 g/mol. The van der Waals surface area contributed by atoms with Crippen LogP contribution in [0.2, 0.25) is 0 Å². The second kappa shape index (κ2) is 11.6. The van der Waals surface area contributed by atoms with Crippen LogP contribution in [-0.2, 0) is 0 Å². The third-order valence-corrected chi connectivity index (χ3v) is 8.72. The van der Waals surface area contributed by atoms with Crippen LogP contribution in [0.3, 0.4) is 0 Å².